The standard InChI is InChI=1S/C11H17N3O2/c15-10-7-14-9(11(10)16)6-12-5-8-3-1-2-4-13-8/h1-4,9-12,14-16H,5-7H2/t9-,10+,11-/m1/s1. The van der Waals surface area contributed by atoms with Crippen LogP contribution in [-0.2, 0) is 6.54 Å². The normalized spacial score (nSPS) is 29.5. The van der Waals surface area contributed by atoms with Crippen molar-refractivity contribution in [2.75, 3.05) is 13.1 Å². The van der Waals surface area contributed by atoms with Gasteiger partial charge in [-0.3, -0.25) is 4.98 Å². The summed E-state index contributed by atoms with van der Waals surface area (Å²) in [4.78, 5) is 4.18. The first kappa shape index (κ1) is 11.5. The number of hydrogen-bond donors (Lipinski definition) is 4. The molecule has 2 heterocycles. The molecule has 16 heavy (non-hydrogen) atoms. The highest BCUT2D eigenvalue weighted by Crippen LogP contribution is 2.06. The number of aliphatic hydroxyl groups is 2. The molecule has 0 bridgehead atoms. The van der Waals surface area contributed by atoms with E-state index in [1.807, 2.05) is 18.2 Å². The fourth-order valence-electron chi connectivity index (χ4n) is 1.83. The number of rotatable bonds is 4. The third kappa shape index (κ3) is 2.76. The van der Waals surface area contributed by atoms with Gasteiger partial charge in [0.1, 0.15) is 0 Å². The Morgan fingerprint density at radius 3 is 2.94 bits per heavy atom. The Bertz CT molecular complexity index is 320. The molecular formula is C11H17N3O2. The molecule has 5 heteroatoms. The first-order chi connectivity index (χ1) is 7.77. The number of nitrogens with zero attached hydrogens (tertiary/aromatic N) is 1. The Hall–Kier alpha value is -1.01. The molecule has 0 radical (unpaired) electrons. The van der Waals surface area contributed by atoms with Crippen molar-refractivity contribution in [3.05, 3.63) is 30.1 Å². The van der Waals surface area contributed by atoms with Gasteiger partial charge in [0, 0.05) is 31.9 Å². The number of hydrogen-bond acceptors (Lipinski definition) is 5. The van der Waals surface area contributed by atoms with Crippen molar-refractivity contribution in [1.82, 2.24) is 15.6 Å². The lowest BCUT2D eigenvalue weighted by molar-refractivity contribution is 0.0407. The molecule has 1 fully saturated rings. The third-order valence-electron chi connectivity index (χ3n) is 2.79. The van der Waals surface area contributed by atoms with E-state index in [1.165, 1.54) is 0 Å². The van der Waals surface area contributed by atoms with Crippen molar-refractivity contribution < 1.29 is 10.2 Å². The predicted octanol–water partition coefficient (Wildman–Crippen LogP) is -1.14. The van der Waals surface area contributed by atoms with E-state index in [0.717, 1.165) is 5.69 Å². The van der Waals surface area contributed by atoms with Crippen LogP contribution in [0.1, 0.15) is 5.69 Å². The van der Waals surface area contributed by atoms with Gasteiger partial charge in [-0.15, -0.1) is 0 Å². The molecule has 4 N–H and O–H groups in total. The van der Waals surface area contributed by atoms with Gasteiger partial charge >= 0.3 is 0 Å². The van der Waals surface area contributed by atoms with Crippen molar-refractivity contribution >= 4 is 0 Å². The average Bonchev–Trinajstić information content (AvgIpc) is 2.62. The summed E-state index contributed by atoms with van der Waals surface area (Å²) in [7, 11) is 0. The van der Waals surface area contributed by atoms with E-state index in [1.54, 1.807) is 6.20 Å². The Morgan fingerprint density at radius 1 is 1.44 bits per heavy atom. The monoisotopic (exact) mass is 223 g/mol. The topological polar surface area (TPSA) is 77.4 Å². The minimum atomic E-state index is -0.684. The molecule has 0 aromatic carbocycles. The van der Waals surface area contributed by atoms with E-state index in [9.17, 15) is 10.2 Å². The van der Waals surface area contributed by atoms with Crippen LogP contribution in [0.4, 0.5) is 0 Å². The van der Waals surface area contributed by atoms with Crippen molar-refractivity contribution in [3.8, 4) is 0 Å². The van der Waals surface area contributed by atoms with Gasteiger partial charge in [0.05, 0.1) is 17.9 Å². The van der Waals surface area contributed by atoms with E-state index in [0.29, 0.717) is 19.6 Å². The summed E-state index contributed by atoms with van der Waals surface area (Å²) in [5.41, 5.74) is 0.968. The quantitative estimate of drug-likeness (QED) is 0.519. The van der Waals surface area contributed by atoms with Gasteiger partial charge in [-0.1, -0.05) is 6.07 Å². The summed E-state index contributed by atoms with van der Waals surface area (Å²) in [6.45, 7) is 1.74. The first-order valence-electron chi connectivity index (χ1n) is 5.47. The van der Waals surface area contributed by atoms with Gasteiger partial charge in [0.15, 0.2) is 0 Å². The molecule has 3 atom stereocenters. The zero-order valence-electron chi connectivity index (χ0n) is 9.00. The average molecular weight is 223 g/mol. The van der Waals surface area contributed by atoms with Crippen molar-refractivity contribution in [2.24, 2.45) is 0 Å². The summed E-state index contributed by atoms with van der Waals surface area (Å²) in [5, 5.41) is 25.2. The molecule has 5 nitrogen and oxygen atoms in total. The molecule has 1 aliphatic rings. The molecule has 0 unspecified atom stereocenters. The summed E-state index contributed by atoms with van der Waals surface area (Å²) < 4.78 is 0. The Balaban J connectivity index is 1.73. The van der Waals surface area contributed by atoms with Crippen LogP contribution in [0.25, 0.3) is 0 Å². The SMILES string of the molecule is O[C@H]1[C@@H](O)CN[C@@H]1CNCc1ccccn1. The van der Waals surface area contributed by atoms with Crippen LogP contribution < -0.4 is 10.6 Å². The molecule has 0 amide bonds. The zero-order valence-corrected chi connectivity index (χ0v) is 9.00. The fraction of sp³-hybridized carbons (Fsp3) is 0.545. The second-order valence-electron chi connectivity index (χ2n) is 4.02. The van der Waals surface area contributed by atoms with E-state index >= 15 is 0 Å². The largest absolute Gasteiger partial charge is 0.389 e. The molecule has 1 aromatic heterocycles. The maximum atomic E-state index is 9.59. The summed E-state index contributed by atoms with van der Waals surface area (Å²) in [6, 6.07) is 5.68. The number of β-amino-alcohol motifs (C(OH)–C–C–N with tert-alkyl or cyclic N) is 1. The van der Waals surface area contributed by atoms with Crippen LogP contribution in [0.3, 0.4) is 0 Å². The van der Waals surface area contributed by atoms with Crippen molar-refractivity contribution in [2.45, 2.75) is 24.8 Å². The number of aromatic nitrogens is 1. The van der Waals surface area contributed by atoms with Gasteiger partial charge in [-0.25, -0.2) is 0 Å². The smallest absolute Gasteiger partial charge is 0.0976 e. The van der Waals surface area contributed by atoms with Crippen LogP contribution in [0.2, 0.25) is 0 Å². The number of aliphatic hydroxyl groups excluding tert-OH is 2. The van der Waals surface area contributed by atoms with Crippen LogP contribution in [0.5, 0.6) is 0 Å². The second-order valence-corrected chi connectivity index (χ2v) is 4.02. The van der Waals surface area contributed by atoms with E-state index in [-0.39, 0.29) is 6.04 Å². The summed E-state index contributed by atoms with van der Waals surface area (Å²) in [6.07, 6.45) is 0.418. The highest BCUT2D eigenvalue weighted by Gasteiger charge is 2.32. The van der Waals surface area contributed by atoms with Crippen LogP contribution >= 0.6 is 0 Å². The molecule has 0 spiro atoms. The maximum absolute atomic E-state index is 9.59. The minimum Gasteiger partial charge on any atom is -0.389 e. The zero-order chi connectivity index (χ0) is 11.4. The lowest BCUT2D eigenvalue weighted by atomic mass is 10.1. The molecule has 2 rings (SSSR count). The first-order valence-corrected chi connectivity index (χ1v) is 5.47. The number of nitrogens with one attached hydrogen (secondary N) is 2. The van der Waals surface area contributed by atoms with E-state index < -0.39 is 12.2 Å². The van der Waals surface area contributed by atoms with Gasteiger partial charge < -0.3 is 20.8 Å². The van der Waals surface area contributed by atoms with Gasteiger partial charge in [0.2, 0.25) is 0 Å². The molecule has 1 saturated heterocycles. The highest BCUT2D eigenvalue weighted by atomic mass is 16.3. The molecule has 0 aliphatic carbocycles. The van der Waals surface area contributed by atoms with Gasteiger partial charge in [-0.05, 0) is 12.1 Å². The Morgan fingerprint density at radius 2 is 2.31 bits per heavy atom. The van der Waals surface area contributed by atoms with Crippen molar-refractivity contribution in [1.29, 1.82) is 0 Å². The maximum Gasteiger partial charge on any atom is 0.0976 e. The Kier molecular flexibility index (Phi) is 3.84. The third-order valence-corrected chi connectivity index (χ3v) is 2.79. The second kappa shape index (κ2) is 5.36. The molecule has 1 aromatic rings. The van der Waals surface area contributed by atoms with Crippen molar-refractivity contribution in [3.63, 3.8) is 0 Å². The number of pyridine rings is 1. The summed E-state index contributed by atoms with van der Waals surface area (Å²) >= 11 is 0. The minimum absolute atomic E-state index is 0.0845. The lowest BCUT2D eigenvalue weighted by Gasteiger charge is -2.16. The summed E-state index contributed by atoms with van der Waals surface area (Å²) in [5.74, 6) is 0. The molecule has 0 saturated carbocycles. The molecular weight excluding hydrogens is 206 g/mol. The van der Waals surface area contributed by atoms with E-state index in [2.05, 4.69) is 15.6 Å². The van der Waals surface area contributed by atoms with Gasteiger partial charge in [0.25, 0.3) is 0 Å². The predicted molar refractivity (Wildman–Crippen MR) is 59.7 cm³/mol. The van der Waals surface area contributed by atoms with Crippen LogP contribution in [0.15, 0.2) is 24.4 Å². The molecule has 1 aliphatic heterocycles. The van der Waals surface area contributed by atoms with Gasteiger partial charge in [-0.2, -0.15) is 0 Å². The molecule has 88 valence electrons. The lowest BCUT2D eigenvalue weighted by Crippen LogP contribution is -2.41. The van der Waals surface area contributed by atoms with Crippen LogP contribution in [0, 0.1) is 0 Å². The van der Waals surface area contributed by atoms with Crippen LogP contribution in [-0.4, -0.2) is 46.5 Å². The highest BCUT2D eigenvalue weighted by molar-refractivity contribution is 5.03. The Labute approximate surface area is 94.5 Å². The fourth-order valence-corrected chi connectivity index (χ4v) is 1.83. The van der Waals surface area contributed by atoms with E-state index in [4.69, 9.17) is 0 Å².